The maximum atomic E-state index is 6.00. The molecule has 1 atom stereocenters. The van der Waals surface area contributed by atoms with Crippen LogP contribution in [0.5, 0.6) is 0 Å². The molecule has 142 valence electrons. The third-order valence-electron chi connectivity index (χ3n) is 5.00. The summed E-state index contributed by atoms with van der Waals surface area (Å²) in [6.07, 6.45) is 9.02. The molecule has 1 fully saturated rings. The van der Waals surface area contributed by atoms with Gasteiger partial charge in [-0.15, -0.1) is 0 Å². The molecular weight excluding hydrogens is 354 g/mol. The van der Waals surface area contributed by atoms with Gasteiger partial charge in [-0.05, 0) is 50.5 Å². The summed E-state index contributed by atoms with van der Waals surface area (Å²) in [6, 6.07) is 7.74. The molecule has 0 aromatic carbocycles. The van der Waals surface area contributed by atoms with Crippen LogP contribution in [-0.4, -0.2) is 36.0 Å². The Morgan fingerprint density at radius 1 is 1.14 bits per heavy atom. The average molecular weight is 375 g/mol. The largest absolute Gasteiger partial charge is 0.384 e. The molecule has 0 aliphatic carbocycles. The molecule has 1 saturated heterocycles. The van der Waals surface area contributed by atoms with Gasteiger partial charge in [0, 0.05) is 35.7 Å². The Morgan fingerprint density at radius 2 is 2.07 bits per heavy atom. The fourth-order valence-electron chi connectivity index (χ4n) is 3.63. The van der Waals surface area contributed by atoms with Crippen LogP contribution in [0, 0.1) is 6.92 Å². The highest BCUT2D eigenvalue weighted by atomic mass is 16.5. The third-order valence-corrected chi connectivity index (χ3v) is 5.00. The van der Waals surface area contributed by atoms with Gasteiger partial charge in [0.05, 0.1) is 11.9 Å². The zero-order valence-electron chi connectivity index (χ0n) is 15.6. The average Bonchev–Trinajstić information content (AvgIpc) is 3.34. The van der Waals surface area contributed by atoms with E-state index in [1.165, 1.54) is 0 Å². The lowest BCUT2D eigenvalue weighted by atomic mass is 10.0. The Labute approximate surface area is 162 Å². The monoisotopic (exact) mass is 375 g/mol. The molecule has 8 nitrogen and oxygen atoms in total. The molecule has 1 unspecified atom stereocenters. The first kappa shape index (κ1) is 16.9. The highest BCUT2D eigenvalue weighted by Crippen LogP contribution is 2.33. The number of fused-ring (bicyclic) bond motifs is 1. The number of nitrogens with two attached hydrogens (primary N) is 1. The summed E-state index contributed by atoms with van der Waals surface area (Å²) < 4.78 is 9.50. The van der Waals surface area contributed by atoms with E-state index in [4.69, 9.17) is 10.5 Å². The van der Waals surface area contributed by atoms with Crippen LogP contribution < -0.4 is 5.73 Å². The first-order valence-corrected chi connectivity index (χ1v) is 9.43. The fourth-order valence-corrected chi connectivity index (χ4v) is 3.63. The number of nitrogens with zero attached hydrogens (tertiary/aromatic N) is 6. The van der Waals surface area contributed by atoms with Gasteiger partial charge in [-0.3, -0.25) is 0 Å². The van der Waals surface area contributed by atoms with Gasteiger partial charge >= 0.3 is 0 Å². The van der Waals surface area contributed by atoms with Crippen LogP contribution in [0.3, 0.4) is 0 Å². The van der Waals surface area contributed by atoms with Crippen LogP contribution in [0.15, 0.2) is 42.9 Å². The predicted octanol–water partition coefficient (Wildman–Crippen LogP) is 3.24. The predicted molar refractivity (Wildman–Crippen MR) is 105 cm³/mol. The molecule has 1 aliphatic rings. The SMILES string of the molecule is Cc1nc2cc(-c3nc(N)ccc3-c3cnn(C4CCCCO4)c3)ccn2n1. The Hall–Kier alpha value is -3.26. The van der Waals surface area contributed by atoms with E-state index >= 15 is 0 Å². The summed E-state index contributed by atoms with van der Waals surface area (Å²) in [7, 11) is 0. The van der Waals surface area contributed by atoms with E-state index in [2.05, 4.69) is 20.2 Å². The van der Waals surface area contributed by atoms with E-state index in [0.717, 1.165) is 59.7 Å². The van der Waals surface area contributed by atoms with Crippen molar-refractivity contribution in [2.75, 3.05) is 12.3 Å². The van der Waals surface area contributed by atoms with Crippen molar-refractivity contribution in [2.24, 2.45) is 0 Å². The lowest BCUT2D eigenvalue weighted by molar-refractivity contribution is -0.0394. The van der Waals surface area contributed by atoms with Crippen LogP contribution in [0.4, 0.5) is 5.82 Å². The van der Waals surface area contributed by atoms with Gasteiger partial charge in [0.25, 0.3) is 0 Å². The summed E-state index contributed by atoms with van der Waals surface area (Å²) in [5.74, 6) is 1.20. The second kappa shape index (κ2) is 6.72. The maximum absolute atomic E-state index is 6.00. The summed E-state index contributed by atoms with van der Waals surface area (Å²) in [4.78, 5) is 9.06. The molecule has 2 N–H and O–H groups in total. The van der Waals surface area contributed by atoms with E-state index in [9.17, 15) is 0 Å². The first-order valence-electron chi connectivity index (χ1n) is 9.43. The van der Waals surface area contributed by atoms with Crippen LogP contribution in [-0.2, 0) is 4.74 Å². The molecule has 0 radical (unpaired) electrons. The summed E-state index contributed by atoms with van der Waals surface area (Å²) >= 11 is 0. The Balaban J connectivity index is 1.57. The minimum Gasteiger partial charge on any atom is -0.384 e. The van der Waals surface area contributed by atoms with Crippen molar-refractivity contribution in [1.82, 2.24) is 29.4 Å². The zero-order valence-corrected chi connectivity index (χ0v) is 15.6. The lowest BCUT2D eigenvalue weighted by Gasteiger charge is -2.22. The molecule has 0 saturated carbocycles. The van der Waals surface area contributed by atoms with Crippen molar-refractivity contribution in [2.45, 2.75) is 32.4 Å². The molecule has 4 aromatic rings. The number of hydrogen-bond acceptors (Lipinski definition) is 6. The van der Waals surface area contributed by atoms with Crippen LogP contribution in [0.25, 0.3) is 28.0 Å². The van der Waals surface area contributed by atoms with Gasteiger partial charge in [0.1, 0.15) is 17.9 Å². The van der Waals surface area contributed by atoms with Crippen molar-refractivity contribution in [3.63, 3.8) is 0 Å². The molecule has 1 aliphatic heterocycles. The van der Waals surface area contributed by atoms with Crippen molar-refractivity contribution < 1.29 is 4.74 Å². The highest BCUT2D eigenvalue weighted by Gasteiger charge is 2.18. The fraction of sp³-hybridized carbons (Fsp3) is 0.300. The van der Waals surface area contributed by atoms with Crippen molar-refractivity contribution in [1.29, 1.82) is 0 Å². The second-order valence-electron chi connectivity index (χ2n) is 7.04. The second-order valence-corrected chi connectivity index (χ2v) is 7.04. The van der Waals surface area contributed by atoms with Crippen molar-refractivity contribution in [3.8, 4) is 22.4 Å². The number of hydrogen-bond donors (Lipinski definition) is 1. The molecule has 0 spiro atoms. The minimum atomic E-state index is 0.00279. The van der Waals surface area contributed by atoms with Gasteiger partial charge in [-0.25, -0.2) is 19.2 Å². The summed E-state index contributed by atoms with van der Waals surface area (Å²) in [6.45, 7) is 2.66. The number of pyridine rings is 2. The normalized spacial score (nSPS) is 17.2. The summed E-state index contributed by atoms with van der Waals surface area (Å²) in [5, 5.41) is 8.87. The van der Waals surface area contributed by atoms with E-state index in [-0.39, 0.29) is 6.23 Å². The van der Waals surface area contributed by atoms with Gasteiger partial charge in [0.2, 0.25) is 0 Å². The quantitative estimate of drug-likeness (QED) is 0.590. The minimum absolute atomic E-state index is 0.00279. The summed E-state index contributed by atoms with van der Waals surface area (Å²) in [5.41, 5.74) is 10.5. The molecule has 5 heterocycles. The van der Waals surface area contributed by atoms with Gasteiger partial charge in [0.15, 0.2) is 5.65 Å². The number of aryl methyl sites for hydroxylation is 1. The maximum Gasteiger partial charge on any atom is 0.156 e. The molecule has 4 aromatic heterocycles. The first-order chi connectivity index (χ1) is 13.7. The molecule has 5 rings (SSSR count). The van der Waals surface area contributed by atoms with E-state index in [0.29, 0.717) is 5.82 Å². The standard InChI is InChI=1S/C20H21N7O/c1-13-23-18-10-14(7-8-26(18)25-13)20-16(5-6-17(21)24-20)15-11-22-27(12-15)19-4-2-3-9-28-19/h5-8,10-12,19H,2-4,9H2,1H3,(H2,21,24). The van der Waals surface area contributed by atoms with E-state index in [1.807, 2.05) is 54.5 Å². The number of aromatic nitrogens is 6. The number of nitrogen functional groups attached to an aromatic ring is 1. The van der Waals surface area contributed by atoms with E-state index < -0.39 is 0 Å². The third kappa shape index (κ3) is 3.01. The Morgan fingerprint density at radius 3 is 2.93 bits per heavy atom. The number of ether oxygens (including phenoxy) is 1. The topological polar surface area (TPSA) is 96.2 Å². The van der Waals surface area contributed by atoms with Crippen molar-refractivity contribution in [3.05, 3.63) is 48.7 Å². The van der Waals surface area contributed by atoms with Crippen LogP contribution in [0.2, 0.25) is 0 Å². The lowest BCUT2D eigenvalue weighted by Crippen LogP contribution is -2.18. The van der Waals surface area contributed by atoms with Gasteiger partial charge in [-0.2, -0.15) is 10.2 Å². The smallest absolute Gasteiger partial charge is 0.156 e. The van der Waals surface area contributed by atoms with Gasteiger partial charge in [-0.1, -0.05) is 0 Å². The molecule has 0 bridgehead atoms. The van der Waals surface area contributed by atoms with Crippen LogP contribution >= 0.6 is 0 Å². The van der Waals surface area contributed by atoms with Crippen LogP contribution in [0.1, 0.15) is 31.3 Å². The van der Waals surface area contributed by atoms with Crippen molar-refractivity contribution >= 4 is 11.5 Å². The zero-order chi connectivity index (χ0) is 19.1. The molecule has 28 heavy (non-hydrogen) atoms. The molecule has 8 heteroatoms. The Kier molecular flexibility index (Phi) is 4.05. The molecular formula is C20H21N7O. The van der Waals surface area contributed by atoms with Gasteiger partial charge < -0.3 is 10.5 Å². The van der Waals surface area contributed by atoms with E-state index in [1.54, 1.807) is 4.52 Å². The number of rotatable bonds is 3. The highest BCUT2D eigenvalue weighted by molar-refractivity contribution is 5.82. The Bertz CT molecular complexity index is 1140. The molecule has 0 amide bonds. The number of anilines is 1.